The summed E-state index contributed by atoms with van der Waals surface area (Å²) < 4.78 is 37.0. The Kier molecular flexibility index (Phi) is 5.89. The predicted octanol–water partition coefficient (Wildman–Crippen LogP) is 0.911. The average Bonchev–Trinajstić information content (AvgIpc) is 2.51. The zero-order valence-electron chi connectivity index (χ0n) is 11.7. The number of rotatable bonds is 6. The molecule has 2 aromatic rings. The standard InChI is InChI=1S/C17H15ClO4/c19-18(20,21)22-17(16-12-5-2-6-13-16)14-8-7-11-15-9-3-1-4-10-15/h1-14,17H. The van der Waals surface area contributed by atoms with Gasteiger partial charge >= 0.3 is 0 Å². The van der Waals surface area contributed by atoms with Crippen LogP contribution in [0.4, 0.5) is 0 Å². The minimum absolute atomic E-state index is 0.582. The molecular formula is C17H15ClO4. The van der Waals surface area contributed by atoms with E-state index in [0.717, 1.165) is 5.56 Å². The molecule has 0 spiro atoms. The summed E-state index contributed by atoms with van der Waals surface area (Å²) in [4.78, 5) is 0. The summed E-state index contributed by atoms with van der Waals surface area (Å²) in [7, 11) is -4.50. The molecule has 1 atom stereocenters. The first-order valence-corrected chi connectivity index (χ1v) is 7.82. The van der Waals surface area contributed by atoms with E-state index in [1.807, 2.05) is 36.4 Å². The van der Waals surface area contributed by atoms with Gasteiger partial charge in [0.25, 0.3) is 6.10 Å². The lowest BCUT2D eigenvalue weighted by atomic mass is 10.1. The topological polar surface area (TPSA) is 78.4 Å². The lowest BCUT2D eigenvalue weighted by molar-refractivity contribution is -1.92. The van der Waals surface area contributed by atoms with Crippen molar-refractivity contribution in [2.45, 2.75) is 6.10 Å². The highest BCUT2D eigenvalue weighted by Gasteiger charge is 2.27. The Hall–Kier alpha value is -1.95. The van der Waals surface area contributed by atoms with E-state index in [0.29, 0.717) is 5.56 Å². The smallest absolute Gasteiger partial charge is 0.183 e. The summed E-state index contributed by atoms with van der Waals surface area (Å²) in [6.07, 6.45) is 5.82. The Morgan fingerprint density at radius 3 is 2.00 bits per heavy atom. The van der Waals surface area contributed by atoms with Gasteiger partial charge in [0.1, 0.15) is 0 Å². The quantitative estimate of drug-likeness (QED) is 0.742. The zero-order chi connectivity index (χ0) is 15.8. The van der Waals surface area contributed by atoms with Crippen LogP contribution in [0.5, 0.6) is 0 Å². The molecule has 5 heteroatoms. The van der Waals surface area contributed by atoms with Crippen LogP contribution in [0.2, 0.25) is 0 Å². The number of allylic oxidation sites excluding steroid dienone is 2. The SMILES string of the molecule is [O-][Cl+3]([O-])([O-])OC(C=CC=Cc1ccccc1)c1ccccc1. The predicted molar refractivity (Wildman–Crippen MR) is 74.9 cm³/mol. The van der Waals surface area contributed by atoms with Gasteiger partial charge in [0.05, 0.1) is 14.5 Å². The van der Waals surface area contributed by atoms with Gasteiger partial charge in [-0.15, -0.1) is 0 Å². The average molecular weight is 319 g/mol. The molecule has 0 amide bonds. The van der Waals surface area contributed by atoms with Crippen molar-refractivity contribution in [3.63, 3.8) is 0 Å². The first kappa shape index (κ1) is 16.4. The van der Waals surface area contributed by atoms with E-state index in [4.69, 9.17) is 0 Å². The highest BCUT2D eigenvalue weighted by molar-refractivity contribution is 5.50. The minimum atomic E-state index is -4.50. The van der Waals surface area contributed by atoms with Crippen LogP contribution in [0.3, 0.4) is 0 Å². The third-order valence-electron chi connectivity index (χ3n) is 2.82. The number of hydrogen-bond acceptors (Lipinski definition) is 4. The van der Waals surface area contributed by atoms with Crippen molar-refractivity contribution in [2.24, 2.45) is 0 Å². The summed E-state index contributed by atoms with van der Waals surface area (Å²) >= 11 is 0. The maximum absolute atomic E-state index is 10.8. The Bertz CT molecular complexity index is 618. The molecule has 0 radical (unpaired) electrons. The van der Waals surface area contributed by atoms with Crippen molar-refractivity contribution in [1.29, 1.82) is 0 Å². The molecule has 1 unspecified atom stereocenters. The van der Waals surface area contributed by atoms with Crippen LogP contribution in [0.25, 0.3) is 6.08 Å². The summed E-state index contributed by atoms with van der Waals surface area (Å²) in [5, 5.41) is 0. The van der Waals surface area contributed by atoms with Crippen LogP contribution in [-0.2, 0) is 4.29 Å². The van der Waals surface area contributed by atoms with Gasteiger partial charge in [0.15, 0.2) is 0 Å². The highest BCUT2D eigenvalue weighted by atomic mass is 35.7. The third kappa shape index (κ3) is 5.81. The third-order valence-corrected chi connectivity index (χ3v) is 3.23. The lowest BCUT2D eigenvalue weighted by Crippen LogP contribution is -2.61. The molecular weight excluding hydrogens is 304 g/mol. The van der Waals surface area contributed by atoms with Crippen LogP contribution in [0.15, 0.2) is 78.9 Å². The largest absolute Gasteiger partial charge is 0.257 e. The van der Waals surface area contributed by atoms with Gasteiger partial charge in [-0.1, -0.05) is 78.9 Å². The second-order valence-corrected chi connectivity index (χ2v) is 5.39. The second kappa shape index (κ2) is 7.89. The van der Waals surface area contributed by atoms with E-state index in [-0.39, 0.29) is 0 Å². The summed E-state index contributed by atoms with van der Waals surface area (Å²) in [5.41, 5.74) is 1.60. The van der Waals surface area contributed by atoms with E-state index in [1.165, 1.54) is 6.08 Å². The molecule has 0 aliphatic carbocycles. The zero-order valence-corrected chi connectivity index (χ0v) is 12.4. The van der Waals surface area contributed by atoms with Crippen molar-refractivity contribution < 1.29 is 28.5 Å². The van der Waals surface area contributed by atoms with Gasteiger partial charge in [-0.2, -0.15) is 14.0 Å². The van der Waals surface area contributed by atoms with Crippen molar-refractivity contribution in [2.75, 3.05) is 0 Å². The molecule has 2 rings (SSSR count). The van der Waals surface area contributed by atoms with Gasteiger partial charge in [0.2, 0.25) is 0 Å². The van der Waals surface area contributed by atoms with E-state index in [2.05, 4.69) is 4.29 Å². The Labute approximate surface area is 131 Å². The lowest BCUT2D eigenvalue weighted by Gasteiger charge is -2.16. The molecule has 0 bridgehead atoms. The molecule has 0 saturated carbocycles. The maximum atomic E-state index is 10.8. The molecule has 0 aliphatic heterocycles. The molecule has 0 N–H and O–H groups in total. The first-order chi connectivity index (χ1) is 10.5. The monoisotopic (exact) mass is 318 g/mol. The second-order valence-electron chi connectivity index (χ2n) is 4.45. The van der Waals surface area contributed by atoms with Gasteiger partial charge in [-0.3, -0.25) is 0 Å². The Morgan fingerprint density at radius 2 is 1.41 bits per heavy atom. The molecule has 0 saturated heterocycles. The van der Waals surface area contributed by atoms with Gasteiger partial charge in [-0.25, -0.2) is 0 Å². The van der Waals surface area contributed by atoms with Crippen LogP contribution in [-0.4, -0.2) is 0 Å². The molecule has 4 nitrogen and oxygen atoms in total. The molecule has 0 fully saturated rings. The molecule has 0 aliphatic rings. The Morgan fingerprint density at radius 1 is 0.818 bits per heavy atom. The number of halogens is 1. The van der Waals surface area contributed by atoms with Crippen molar-refractivity contribution in [3.8, 4) is 0 Å². The van der Waals surface area contributed by atoms with E-state index >= 15 is 0 Å². The van der Waals surface area contributed by atoms with Gasteiger partial charge in [-0.05, 0) is 11.6 Å². The highest BCUT2D eigenvalue weighted by Crippen LogP contribution is 2.21. The van der Waals surface area contributed by atoms with Gasteiger partial charge < -0.3 is 0 Å². The fraction of sp³-hybridized carbons (Fsp3) is 0.0588. The fourth-order valence-electron chi connectivity index (χ4n) is 1.85. The van der Waals surface area contributed by atoms with Crippen molar-refractivity contribution in [1.82, 2.24) is 0 Å². The van der Waals surface area contributed by atoms with Crippen molar-refractivity contribution >= 4 is 6.08 Å². The number of hydrogen-bond donors (Lipinski definition) is 0. The van der Waals surface area contributed by atoms with Crippen LogP contribution < -0.4 is 14.0 Å². The molecule has 0 aromatic heterocycles. The Balaban J connectivity index is 2.09. The summed E-state index contributed by atoms with van der Waals surface area (Å²) in [5.74, 6) is 0. The van der Waals surface area contributed by atoms with Crippen LogP contribution >= 0.6 is 0 Å². The first-order valence-electron chi connectivity index (χ1n) is 6.58. The van der Waals surface area contributed by atoms with E-state index in [1.54, 1.807) is 42.5 Å². The van der Waals surface area contributed by atoms with Gasteiger partial charge in [0, 0.05) is 5.56 Å². The normalized spacial score (nSPS) is 13.8. The number of benzene rings is 2. The van der Waals surface area contributed by atoms with Crippen LogP contribution in [0, 0.1) is 10.2 Å². The van der Waals surface area contributed by atoms with Crippen molar-refractivity contribution in [3.05, 3.63) is 90.0 Å². The maximum Gasteiger partial charge on any atom is 0.257 e. The van der Waals surface area contributed by atoms with E-state index in [9.17, 15) is 14.0 Å². The molecule has 0 heterocycles. The summed E-state index contributed by atoms with van der Waals surface area (Å²) in [6, 6.07) is 18.3. The molecule has 22 heavy (non-hydrogen) atoms. The fourth-order valence-corrected chi connectivity index (χ4v) is 2.25. The van der Waals surface area contributed by atoms with Crippen LogP contribution in [0.1, 0.15) is 17.2 Å². The molecule has 114 valence electrons. The summed E-state index contributed by atoms with van der Waals surface area (Å²) in [6.45, 7) is 0. The minimum Gasteiger partial charge on any atom is -0.183 e. The molecule has 2 aromatic carbocycles. The van der Waals surface area contributed by atoms with E-state index < -0.39 is 16.3 Å².